The van der Waals surface area contributed by atoms with E-state index in [-0.39, 0.29) is 50.5 Å². The second-order valence-corrected chi connectivity index (χ2v) is 13.8. The Kier molecular flexibility index (Phi) is 5.66. The van der Waals surface area contributed by atoms with Gasteiger partial charge < -0.3 is 9.32 Å². The molecular formula is C54H35NO. The van der Waals surface area contributed by atoms with E-state index >= 15 is 0 Å². The van der Waals surface area contributed by atoms with Crippen molar-refractivity contribution in [1.29, 1.82) is 0 Å². The van der Waals surface area contributed by atoms with Gasteiger partial charge in [0.15, 0.2) is 0 Å². The average molecular weight is 723 g/mol. The minimum Gasteiger partial charge on any atom is -0.455 e. The molecule has 56 heavy (non-hydrogen) atoms. The van der Waals surface area contributed by atoms with Gasteiger partial charge in [-0.1, -0.05) is 170 Å². The predicted octanol–water partition coefficient (Wildman–Crippen LogP) is 15.5. The van der Waals surface area contributed by atoms with Crippen LogP contribution in [0.2, 0.25) is 0 Å². The number of furan rings is 1. The molecule has 2 nitrogen and oxygen atoms in total. The molecule has 10 aromatic carbocycles. The van der Waals surface area contributed by atoms with Crippen molar-refractivity contribution in [1.82, 2.24) is 0 Å². The van der Waals surface area contributed by atoms with E-state index in [1.807, 2.05) is 83.8 Å². The lowest BCUT2D eigenvalue weighted by Crippen LogP contribution is -2.10. The van der Waals surface area contributed by atoms with Gasteiger partial charge in [-0.3, -0.25) is 0 Å². The molecule has 0 radical (unpaired) electrons. The highest BCUT2D eigenvalue weighted by Crippen LogP contribution is 2.45. The predicted molar refractivity (Wildman–Crippen MR) is 237 cm³/mol. The zero-order valence-electron chi connectivity index (χ0n) is 38.9. The molecule has 262 valence electrons. The fourth-order valence-electron chi connectivity index (χ4n) is 7.94. The standard InChI is InChI=1S/C54H35NO/c1-4-18-45-38(11-1)14-8-21-47(45)41-27-25-36(26-28-41)37-29-32-43(33-30-37)55(44-17-7-16-42(35-44)48-22-9-15-39-12-2-5-19-46(39)48)51-23-10-24-52-53(51)50-34-31-40-13-3-6-20-49(40)54(50)56-52/h1-35H/i3D,6D,10D,13D,20D,23D,24D,31D,34D. The molecule has 0 aliphatic heterocycles. The highest BCUT2D eigenvalue weighted by atomic mass is 16.3. The normalized spacial score (nSPS) is 13.8. The Labute approximate surface area is 337 Å². The summed E-state index contributed by atoms with van der Waals surface area (Å²) in [4.78, 5) is 1.81. The van der Waals surface area contributed by atoms with Crippen molar-refractivity contribution in [3.63, 3.8) is 0 Å². The summed E-state index contributed by atoms with van der Waals surface area (Å²) in [6, 6.07) is 48.9. The molecule has 0 spiro atoms. The summed E-state index contributed by atoms with van der Waals surface area (Å²) < 4.78 is 87.1. The Bertz CT molecular complexity index is 3760. The van der Waals surface area contributed by atoms with E-state index < -0.39 is 42.3 Å². The fourth-order valence-corrected chi connectivity index (χ4v) is 7.94. The van der Waals surface area contributed by atoms with Gasteiger partial charge >= 0.3 is 0 Å². The molecule has 0 unspecified atom stereocenters. The number of hydrogen-bond donors (Lipinski definition) is 0. The Morgan fingerprint density at radius 1 is 0.393 bits per heavy atom. The summed E-state index contributed by atoms with van der Waals surface area (Å²) in [5.41, 5.74) is 7.08. The minimum absolute atomic E-state index is 0.0117. The molecule has 11 aromatic rings. The van der Waals surface area contributed by atoms with Crippen molar-refractivity contribution < 1.29 is 16.8 Å². The van der Waals surface area contributed by atoms with Gasteiger partial charge in [0, 0.05) is 22.1 Å². The van der Waals surface area contributed by atoms with Crippen molar-refractivity contribution in [3.8, 4) is 33.4 Å². The SMILES string of the molecule is [2H]c1c([2H])c(N(c2ccc(-c3ccc(-c4cccc5ccccc45)cc3)cc2)c2cccc(-c3cccc4ccccc34)c2)c2c(oc3c4c([2H])c([2H])c([2H])c([2H])c4c([2H])c([2H])c32)c1[2H]. The smallest absolute Gasteiger partial charge is 0.143 e. The van der Waals surface area contributed by atoms with Crippen LogP contribution in [0.4, 0.5) is 17.1 Å². The molecule has 0 bridgehead atoms. The molecule has 0 aliphatic rings. The first-order valence-corrected chi connectivity index (χ1v) is 18.4. The number of anilines is 3. The molecule has 2 heteroatoms. The molecule has 0 saturated carbocycles. The van der Waals surface area contributed by atoms with E-state index in [1.165, 1.54) is 10.8 Å². The zero-order chi connectivity index (χ0) is 44.8. The van der Waals surface area contributed by atoms with E-state index in [2.05, 4.69) is 78.9 Å². The quantitative estimate of drug-likeness (QED) is 0.170. The number of nitrogens with zero attached hydrogens (tertiary/aromatic N) is 1. The summed E-state index contributed by atoms with van der Waals surface area (Å²) in [6.45, 7) is 0. The van der Waals surface area contributed by atoms with Crippen LogP contribution < -0.4 is 4.90 Å². The Morgan fingerprint density at radius 3 is 1.77 bits per heavy atom. The maximum Gasteiger partial charge on any atom is 0.143 e. The second-order valence-electron chi connectivity index (χ2n) is 13.8. The van der Waals surface area contributed by atoms with E-state index in [9.17, 15) is 2.74 Å². The maximum atomic E-state index is 9.61. The minimum atomic E-state index is -0.545. The van der Waals surface area contributed by atoms with Gasteiger partial charge in [0.2, 0.25) is 0 Å². The first-order valence-electron chi connectivity index (χ1n) is 22.9. The third-order valence-corrected chi connectivity index (χ3v) is 10.6. The van der Waals surface area contributed by atoms with Crippen LogP contribution in [0.1, 0.15) is 12.3 Å². The maximum absolute atomic E-state index is 9.61. The second kappa shape index (κ2) is 13.2. The molecule has 0 atom stereocenters. The lowest BCUT2D eigenvalue weighted by molar-refractivity contribution is 0.672. The number of hydrogen-bond acceptors (Lipinski definition) is 2. The summed E-state index contributed by atoms with van der Waals surface area (Å²) >= 11 is 0. The van der Waals surface area contributed by atoms with E-state index in [0.717, 1.165) is 44.2 Å². The number of rotatable bonds is 6. The lowest BCUT2D eigenvalue weighted by Gasteiger charge is -2.27. The fraction of sp³-hybridized carbons (Fsp3) is 0. The van der Waals surface area contributed by atoms with E-state index in [0.29, 0.717) is 11.4 Å². The Hall–Kier alpha value is -7.42. The average Bonchev–Trinajstić information content (AvgIpc) is 3.74. The molecule has 0 amide bonds. The van der Waals surface area contributed by atoms with Crippen LogP contribution in [0.15, 0.2) is 217 Å². The van der Waals surface area contributed by atoms with Crippen molar-refractivity contribution in [3.05, 3.63) is 212 Å². The van der Waals surface area contributed by atoms with Crippen molar-refractivity contribution >= 4 is 71.3 Å². The van der Waals surface area contributed by atoms with Crippen LogP contribution in [0.25, 0.3) is 87.6 Å². The first kappa shape index (κ1) is 24.1. The third-order valence-electron chi connectivity index (χ3n) is 10.6. The summed E-state index contributed by atoms with van der Waals surface area (Å²) in [5, 5.41) is 4.30. The molecule has 0 fully saturated rings. The van der Waals surface area contributed by atoms with Gasteiger partial charge in [-0.15, -0.1) is 0 Å². The van der Waals surface area contributed by atoms with Crippen LogP contribution in [0.5, 0.6) is 0 Å². The topological polar surface area (TPSA) is 16.4 Å². The molecule has 1 aromatic heterocycles. The third kappa shape index (κ3) is 5.34. The molecule has 0 aliphatic carbocycles. The number of fused-ring (bicyclic) bond motifs is 7. The van der Waals surface area contributed by atoms with E-state index in [1.54, 1.807) is 0 Å². The van der Waals surface area contributed by atoms with Crippen LogP contribution in [-0.4, -0.2) is 0 Å². The monoisotopic (exact) mass is 722 g/mol. The van der Waals surface area contributed by atoms with Gasteiger partial charge in [0.05, 0.1) is 23.4 Å². The largest absolute Gasteiger partial charge is 0.455 e. The van der Waals surface area contributed by atoms with Crippen molar-refractivity contribution in [2.75, 3.05) is 4.90 Å². The van der Waals surface area contributed by atoms with Gasteiger partial charge in [-0.05, 0) is 103 Å². The highest BCUT2D eigenvalue weighted by Gasteiger charge is 2.21. The summed E-state index contributed by atoms with van der Waals surface area (Å²) in [6.07, 6.45) is 0. The highest BCUT2D eigenvalue weighted by molar-refractivity contribution is 6.19. The van der Waals surface area contributed by atoms with E-state index in [4.69, 9.17) is 14.0 Å². The molecule has 0 N–H and O–H groups in total. The Morgan fingerprint density at radius 2 is 1.02 bits per heavy atom. The molecule has 0 saturated heterocycles. The van der Waals surface area contributed by atoms with Crippen LogP contribution in [0.3, 0.4) is 0 Å². The lowest BCUT2D eigenvalue weighted by atomic mass is 9.96. The van der Waals surface area contributed by atoms with Crippen LogP contribution in [-0.2, 0) is 0 Å². The van der Waals surface area contributed by atoms with Gasteiger partial charge in [0.1, 0.15) is 11.2 Å². The molecular weight excluding hydrogens is 679 g/mol. The summed E-state index contributed by atoms with van der Waals surface area (Å²) in [5.74, 6) is 0. The first-order chi connectivity index (χ1) is 31.5. The summed E-state index contributed by atoms with van der Waals surface area (Å²) in [7, 11) is 0. The van der Waals surface area contributed by atoms with Gasteiger partial charge in [-0.25, -0.2) is 0 Å². The molecule has 1 heterocycles. The van der Waals surface area contributed by atoms with Crippen LogP contribution in [0, 0.1) is 0 Å². The van der Waals surface area contributed by atoms with Gasteiger partial charge in [0.25, 0.3) is 0 Å². The zero-order valence-corrected chi connectivity index (χ0v) is 29.9. The van der Waals surface area contributed by atoms with Crippen LogP contribution >= 0.6 is 0 Å². The van der Waals surface area contributed by atoms with Crippen molar-refractivity contribution in [2.24, 2.45) is 0 Å². The van der Waals surface area contributed by atoms with Gasteiger partial charge in [-0.2, -0.15) is 0 Å². The van der Waals surface area contributed by atoms with Crippen molar-refractivity contribution in [2.45, 2.75) is 0 Å². The number of benzene rings is 10. The molecule has 11 rings (SSSR count). The Balaban J connectivity index is 1.14.